The molecule has 1 fully saturated rings. The molecule has 0 saturated carbocycles. The maximum Gasteiger partial charge on any atom is 0.328 e. The largest absolute Gasteiger partial charge is 0.493 e. The average Bonchev–Trinajstić information content (AvgIpc) is 3.23. The molecule has 0 spiro atoms. The highest BCUT2D eigenvalue weighted by Crippen LogP contribution is 2.32. The molecular formula is C22H28Cl2N2O9. The van der Waals surface area contributed by atoms with Crippen molar-refractivity contribution < 1.29 is 44.3 Å². The molecule has 6 N–H and O–H groups in total. The molecule has 1 aliphatic rings. The number of hydrogen-bond donors (Lipinski definition) is 5. The van der Waals surface area contributed by atoms with Gasteiger partial charge in [0.1, 0.15) is 5.75 Å². The van der Waals surface area contributed by atoms with Crippen LogP contribution in [0.1, 0.15) is 18.9 Å². The second-order valence-electron chi connectivity index (χ2n) is 6.95. The molecule has 1 aliphatic heterocycles. The number of carboxylic acids is 4. The molecule has 1 saturated heterocycles. The van der Waals surface area contributed by atoms with Crippen LogP contribution in [0.15, 0.2) is 36.4 Å². The molecule has 1 heterocycles. The van der Waals surface area contributed by atoms with Crippen molar-refractivity contribution in [1.29, 1.82) is 0 Å². The van der Waals surface area contributed by atoms with E-state index in [0.717, 1.165) is 37.5 Å². The van der Waals surface area contributed by atoms with E-state index in [2.05, 4.69) is 4.90 Å². The zero-order chi connectivity index (χ0) is 27.0. The van der Waals surface area contributed by atoms with Gasteiger partial charge in [0.25, 0.3) is 0 Å². The molecule has 0 unspecified atom stereocenters. The predicted octanol–water partition coefficient (Wildman–Crippen LogP) is 2.60. The van der Waals surface area contributed by atoms with Crippen molar-refractivity contribution in [1.82, 2.24) is 4.90 Å². The van der Waals surface area contributed by atoms with Gasteiger partial charge in [0.15, 0.2) is 0 Å². The highest BCUT2D eigenvalue weighted by atomic mass is 35.5. The Balaban J connectivity index is 0.000000601. The fourth-order valence-corrected chi connectivity index (χ4v) is 3.10. The number of aliphatic carboxylic acids is 4. The summed E-state index contributed by atoms with van der Waals surface area (Å²) >= 11 is 12.1. The lowest BCUT2D eigenvalue weighted by Crippen LogP contribution is -2.23. The first-order chi connectivity index (χ1) is 16.4. The van der Waals surface area contributed by atoms with Gasteiger partial charge in [-0.15, -0.1) is 0 Å². The van der Waals surface area contributed by atoms with Crippen molar-refractivity contribution in [2.75, 3.05) is 26.2 Å². The molecule has 2 rings (SSSR count). The quantitative estimate of drug-likeness (QED) is 0.293. The van der Waals surface area contributed by atoms with Crippen LogP contribution in [0.25, 0.3) is 0 Å². The number of carboxylic acid groups (broad SMARTS) is 4. The zero-order valence-corrected chi connectivity index (χ0v) is 20.4. The zero-order valence-electron chi connectivity index (χ0n) is 18.9. The van der Waals surface area contributed by atoms with E-state index in [4.69, 9.17) is 54.1 Å². The highest BCUT2D eigenvalue weighted by Gasteiger charge is 2.22. The van der Waals surface area contributed by atoms with E-state index in [9.17, 15) is 19.2 Å². The van der Waals surface area contributed by atoms with Crippen LogP contribution >= 0.6 is 23.2 Å². The third kappa shape index (κ3) is 15.4. The molecule has 0 amide bonds. The third-order valence-electron chi connectivity index (χ3n) is 4.24. The lowest BCUT2D eigenvalue weighted by Gasteiger charge is -2.19. The number of nitrogens with two attached hydrogens (primary N) is 1. The Labute approximate surface area is 212 Å². The van der Waals surface area contributed by atoms with Crippen LogP contribution < -0.4 is 10.5 Å². The first-order valence-corrected chi connectivity index (χ1v) is 11.0. The van der Waals surface area contributed by atoms with Crippen molar-refractivity contribution >= 4 is 47.1 Å². The van der Waals surface area contributed by atoms with Gasteiger partial charge in [-0.25, -0.2) is 19.2 Å². The highest BCUT2D eigenvalue weighted by molar-refractivity contribution is 6.42. The van der Waals surface area contributed by atoms with Gasteiger partial charge in [-0.05, 0) is 38.4 Å². The molecule has 0 radical (unpaired) electrons. The van der Waals surface area contributed by atoms with E-state index in [1.807, 2.05) is 13.0 Å². The van der Waals surface area contributed by atoms with E-state index in [1.165, 1.54) is 6.42 Å². The Hall–Kier alpha value is -3.12. The summed E-state index contributed by atoms with van der Waals surface area (Å²) in [6.45, 7) is 6.30. The summed E-state index contributed by atoms with van der Waals surface area (Å²) < 4.78 is 5.64. The summed E-state index contributed by atoms with van der Waals surface area (Å²) in [7, 11) is 0. The minimum absolute atomic E-state index is 0.537. The summed E-state index contributed by atoms with van der Waals surface area (Å²) in [5, 5.41) is 32.4. The van der Waals surface area contributed by atoms with Gasteiger partial charge < -0.3 is 30.9 Å². The van der Waals surface area contributed by atoms with Gasteiger partial charge in [-0.2, -0.15) is 0 Å². The number of ether oxygens (including phenoxy) is 1. The third-order valence-corrected chi connectivity index (χ3v) is 4.96. The van der Waals surface area contributed by atoms with Crippen LogP contribution in [0.4, 0.5) is 0 Å². The van der Waals surface area contributed by atoms with E-state index < -0.39 is 23.9 Å². The normalized spacial score (nSPS) is 15.1. The topological polar surface area (TPSA) is 188 Å². The second kappa shape index (κ2) is 17.3. The van der Waals surface area contributed by atoms with Crippen molar-refractivity contribution in [2.24, 2.45) is 11.7 Å². The van der Waals surface area contributed by atoms with Gasteiger partial charge in [0, 0.05) is 49.0 Å². The van der Waals surface area contributed by atoms with Gasteiger partial charge in [0.05, 0.1) is 16.7 Å². The van der Waals surface area contributed by atoms with Crippen molar-refractivity contribution in [3.8, 4) is 5.75 Å². The minimum Gasteiger partial charge on any atom is -0.493 e. The van der Waals surface area contributed by atoms with E-state index in [0.29, 0.717) is 46.9 Å². The van der Waals surface area contributed by atoms with Crippen LogP contribution in [0.3, 0.4) is 0 Å². The number of carbonyl (C=O) groups is 4. The van der Waals surface area contributed by atoms with Crippen LogP contribution in [0, 0.1) is 5.92 Å². The number of nitrogens with zero attached hydrogens (tertiary/aromatic N) is 1. The molecule has 35 heavy (non-hydrogen) atoms. The summed E-state index contributed by atoms with van der Waals surface area (Å²) in [5.41, 5.74) is 6.81. The van der Waals surface area contributed by atoms with E-state index in [1.54, 1.807) is 6.07 Å². The van der Waals surface area contributed by atoms with E-state index >= 15 is 0 Å². The monoisotopic (exact) mass is 534 g/mol. The maximum atomic E-state index is 9.55. The van der Waals surface area contributed by atoms with Gasteiger partial charge >= 0.3 is 23.9 Å². The molecule has 11 nitrogen and oxygen atoms in total. The number of likely N-dealkylation sites (tertiary alicyclic amines) is 1. The Morgan fingerprint density at radius 1 is 0.971 bits per heavy atom. The predicted molar refractivity (Wildman–Crippen MR) is 129 cm³/mol. The van der Waals surface area contributed by atoms with Crippen LogP contribution in [-0.4, -0.2) is 75.4 Å². The maximum absolute atomic E-state index is 9.55. The molecule has 0 aromatic heterocycles. The minimum atomic E-state index is -1.26. The van der Waals surface area contributed by atoms with Gasteiger partial charge in [-0.1, -0.05) is 23.2 Å². The average molecular weight is 535 g/mol. The molecule has 1 aromatic rings. The van der Waals surface area contributed by atoms with Crippen molar-refractivity contribution in [3.05, 3.63) is 52.0 Å². The Morgan fingerprint density at radius 2 is 1.43 bits per heavy atom. The van der Waals surface area contributed by atoms with Crippen molar-refractivity contribution in [3.63, 3.8) is 0 Å². The van der Waals surface area contributed by atoms with Gasteiger partial charge in [-0.3, -0.25) is 4.90 Å². The first-order valence-electron chi connectivity index (χ1n) is 10.2. The number of halogens is 2. The molecule has 1 aromatic carbocycles. The first kappa shape index (κ1) is 31.9. The van der Waals surface area contributed by atoms with E-state index in [-0.39, 0.29) is 0 Å². The Kier molecular flexibility index (Phi) is 15.8. The standard InChI is InChI=1S/C14H20Cl2N2O.2C4H4O4/c1-2-19-14-6-13(16)12(15)5-11(14)9-18-4-3-10(7-17)8-18;2*5-3(6)1-2-4(7)8/h5-6,10H,2-4,7-9,17H2,1H3;2*1-2H,(H,5,6)(H,7,8)/b;2*2-1+/t10-;;/m0../s1. The summed E-state index contributed by atoms with van der Waals surface area (Å²) in [6, 6.07) is 3.71. The molecule has 0 aliphatic carbocycles. The number of benzene rings is 1. The lowest BCUT2D eigenvalue weighted by atomic mass is 10.1. The second-order valence-corrected chi connectivity index (χ2v) is 7.77. The molecular weight excluding hydrogens is 507 g/mol. The fraction of sp³-hybridized carbons (Fsp3) is 0.364. The summed E-state index contributed by atoms with van der Waals surface area (Å²) in [4.78, 5) is 40.6. The van der Waals surface area contributed by atoms with Gasteiger partial charge in [0.2, 0.25) is 0 Å². The molecule has 13 heteroatoms. The molecule has 194 valence electrons. The van der Waals surface area contributed by atoms with Crippen LogP contribution in [0.5, 0.6) is 5.75 Å². The SMILES string of the molecule is CCOc1cc(Cl)c(Cl)cc1CN1CC[C@@H](CN)C1.O=C(O)/C=C/C(=O)O.O=C(O)/C=C/C(=O)O. The van der Waals surface area contributed by atoms with Crippen molar-refractivity contribution in [2.45, 2.75) is 19.9 Å². The Morgan fingerprint density at radius 3 is 1.80 bits per heavy atom. The van der Waals surface area contributed by atoms with Crippen LogP contribution in [0.2, 0.25) is 10.0 Å². The number of hydrogen-bond acceptors (Lipinski definition) is 7. The Bertz CT molecular complexity index is 870. The summed E-state index contributed by atoms with van der Waals surface area (Å²) in [6.07, 6.45) is 3.40. The molecule has 0 bridgehead atoms. The number of rotatable bonds is 9. The fourth-order valence-electron chi connectivity index (χ4n) is 2.76. The molecule has 1 atom stereocenters. The smallest absolute Gasteiger partial charge is 0.328 e. The lowest BCUT2D eigenvalue weighted by molar-refractivity contribution is -0.134. The van der Waals surface area contributed by atoms with Crippen LogP contribution in [-0.2, 0) is 25.7 Å². The summed E-state index contributed by atoms with van der Waals surface area (Å²) in [5.74, 6) is -3.59.